The van der Waals surface area contributed by atoms with Gasteiger partial charge in [-0.05, 0) is 126 Å². The van der Waals surface area contributed by atoms with Crippen molar-refractivity contribution in [3.8, 4) is 39.1 Å². The van der Waals surface area contributed by atoms with Gasteiger partial charge in [0.05, 0.1) is 16.7 Å². The molecule has 11 aromatic carbocycles. The number of amidine groups is 1. The third-order valence-electron chi connectivity index (χ3n) is 13.1. The molecule has 12 aromatic rings. The number of benzene rings is 11. The average molecular weight is 854 g/mol. The maximum absolute atomic E-state index is 9.03. The Bertz CT molecular complexity index is 3910. The summed E-state index contributed by atoms with van der Waals surface area (Å²) in [5.74, 6) is 0.212. The van der Waals surface area contributed by atoms with Crippen molar-refractivity contribution in [1.29, 1.82) is 5.41 Å². The molecule has 0 unspecified atom stereocenters. The highest BCUT2D eigenvalue weighted by molar-refractivity contribution is 6.21. The summed E-state index contributed by atoms with van der Waals surface area (Å²) in [5, 5.41) is 19.0. The first-order valence-electron chi connectivity index (χ1n) is 22.8. The van der Waals surface area contributed by atoms with Gasteiger partial charge in [0.15, 0.2) is 5.84 Å². The number of hydrogen-bond donors (Lipinski definition) is 1. The number of nitrogens with one attached hydrogen (secondary N) is 1. The zero-order valence-corrected chi connectivity index (χ0v) is 36.6. The number of para-hydroxylation sites is 2. The van der Waals surface area contributed by atoms with Crippen molar-refractivity contribution in [2.45, 2.75) is 0 Å². The van der Waals surface area contributed by atoms with Crippen LogP contribution in [-0.4, -0.2) is 16.1 Å². The summed E-state index contributed by atoms with van der Waals surface area (Å²) in [4.78, 5) is 4.95. The maximum Gasteiger partial charge on any atom is 0.152 e. The number of nitrogens with zero attached hydrogens (tertiary/aromatic N) is 2. The van der Waals surface area contributed by atoms with E-state index in [9.17, 15) is 0 Å². The molecule has 3 heteroatoms. The second-order valence-corrected chi connectivity index (χ2v) is 17.1. The van der Waals surface area contributed by atoms with Gasteiger partial charge < -0.3 is 4.57 Å². The summed E-state index contributed by atoms with van der Waals surface area (Å²) in [6, 6.07) is 86.1. The van der Waals surface area contributed by atoms with Gasteiger partial charge in [0.2, 0.25) is 0 Å². The number of allylic oxidation sites excluding steroid dienone is 1. The quantitative estimate of drug-likeness (QED) is 0.0685. The van der Waals surface area contributed by atoms with Crippen LogP contribution in [0.25, 0.3) is 99.3 Å². The first-order chi connectivity index (χ1) is 33.1. The lowest BCUT2D eigenvalue weighted by atomic mass is 9.89. The van der Waals surface area contributed by atoms with Crippen LogP contribution in [0.3, 0.4) is 0 Å². The highest BCUT2D eigenvalue weighted by Crippen LogP contribution is 2.41. The average Bonchev–Trinajstić information content (AvgIpc) is 3.73. The van der Waals surface area contributed by atoms with E-state index < -0.39 is 0 Å². The number of hydrogen-bond acceptors (Lipinski definition) is 1. The van der Waals surface area contributed by atoms with Gasteiger partial charge in [-0.3, -0.25) is 5.41 Å². The zero-order chi connectivity index (χ0) is 44.7. The molecule has 0 fully saturated rings. The Morgan fingerprint density at radius 2 is 1.00 bits per heavy atom. The molecule has 0 aliphatic carbocycles. The standard InChI is InChI=1S/C64H43N3/c65-64(47-17-3-1-4-18-47)66-60(46-32-30-44(31-33-46)50-35-38-62-59(41-50)56-27-11-12-28-61(56)67(62)53-23-5-2-6-24-53)37-29-43-15-13-20-48(39-43)49-21-14-22-52(40-49)63-55-26-10-8-19-51(55)42-58-54-25-9-7-16-45(54)34-36-57(58)63/h1-42,65H/b37-29+,65-64?,66-60?. The van der Waals surface area contributed by atoms with Crippen molar-refractivity contribution in [2.24, 2.45) is 4.99 Å². The van der Waals surface area contributed by atoms with Crippen molar-refractivity contribution >= 4 is 71.7 Å². The van der Waals surface area contributed by atoms with Crippen LogP contribution in [0.2, 0.25) is 0 Å². The normalized spacial score (nSPS) is 12.0. The van der Waals surface area contributed by atoms with E-state index in [1.807, 2.05) is 36.4 Å². The molecule has 0 saturated heterocycles. The van der Waals surface area contributed by atoms with Gasteiger partial charge in [-0.25, -0.2) is 4.99 Å². The third kappa shape index (κ3) is 7.39. The van der Waals surface area contributed by atoms with Crippen LogP contribution in [0.5, 0.6) is 0 Å². The van der Waals surface area contributed by atoms with Crippen molar-refractivity contribution in [1.82, 2.24) is 4.57 Å². The van der Waals surface area contributed by atoms with Crippen LogP contribution in [0.1, 0.15) is 16.7 Å². The van der Waals surface area contributed by atoms with Gasteiger partial charge in [0.25, 0.3) is 0 Å². The number of rotatable bonds is 8. The van der Waals surface area contributed by atoms with Gasteiger partial charge >= 0.3 is 0 Å². The Labute approximate surface area is 389 Å². The molecule has 0 amide bonds. The van der Waals surface area contributed by atoms with E-state index in [1.54, 1.807) is 0 Å². The minimum absolute atomic E-state index is 0.212. The van der Waals surface area contributed by atoms with Gasteiger partial charge in [-0.1, -0.05) is 200 Å². The highest BCUT2D eigenvalue weighted by atomic mass is 15.0. The fraction of sp³-hybridized carbons (Fsp3) is 0. The summed E-state index contributed by atoms with van der Waals surface area (Å²) >= 11 is 0. The fourth-order valence-corrected chi connectivity index (χ4v) is 9.80. The molecule has 3 nitrogen and oxygen atoms in total. The lowest BCUT2D eigenvalue weighted by molar-refractivity contribution is 1.18. The van der Waals surface area contributed by atoms with Crippen LogP contribution in [0.4, 0.5) is 0 Å². The van der Waals surface area contributed by atoms with Gasteiger partial charge in [-0.15, -0.1) is 0 Å². The minimum atomic E-state index is 0.212. The fourth-order valence-electron chi connectivity index (χ4n) is 9.80. The second kappa shape index (κ2) is 16.9. The Morgan fingerprint density at radius 3 is 1.82 bits per heavy atom. The lowest BCUT2D eigenvalue weighted by Gasteiger charge is -2.15. The predicted molar refractivity (Wildman–Crippen MR) is 285 cm³/mol. The van der Waals surface area contributed by atoms with E-state index in [-0.39, 0.29) is 5.84 Å². The van der Waals surface area contributed by atoms with Crippen LogP contribution in [0, 0.1) is 5.41 Å². The summed E-state index contributed by atoms with van der Waals surface area (Å²) in [6.07, 6.45) is 4.15. The molecule has 0 spiro atoms. The van der Waals surface area contributed by atoms with Crippen LogP contribution in [-0.2, 0) is 0 Å². The molecule has 0 bridgehead atoms. The summed E-state index contributed by atoms with van der Waals surface area (Å²) in [7, 11) is 0. The molecule has 1 N–H and O–H groups in total. The number of fused-ring (bicyclic) bond motifs is 7. The Balaban J connectivity index is 0.890. The molecule has 0 aliphatic rings. The van der Waals surface area contributed by atoms with Crippen molar-refractivity contribution in [2.75, 3.05) is 0 Å². The monoisotopic (exact) mass is 853 g/mol. The number of aromatic nitrogens is 1. The van der Waals surface area contributed by atoms with Gasteiger partial charge in [-0.2, -0.15) is 0 Å². The second-order valence-electron chi connectivity index (χ2n) is 17.1. The van der Waals surface area contributed by atoms with Crippen LogP contribution >= 0.6 is 0 Å². The Kier molecular flexibility index (Phi) is 10.00. The van der Waals surface area contributed by atoms with Gasteiger partial charge in [0.1, 0.15) is 0 Å². The molecule has 67 heavy (non-hydrogen) atoms. The van der Waals surface area contributed by atoms with Crippen LogP contribution in [0.15, 0.2) is 254 Å². The summed E-state index contributed by atoms with van der Waals surface area (Å²) in [5.41, 5.74) is 13.9. The number of aliphatic imine (C=N–C) groups is 1. The molecule has 12 rings (SSSR count). The van der Waals surface area contributed by atoms with Crippen molar-refractivity contribution in [3.05, 3.63) is 265 Å². The zero-order valence-electron chi connectivity index (χ0n) is 36.6. The Morgan fingerprint density at radius 1 is 0.373 bits per heavy atom. The van der Waals surface area contributed by atoms with E-state index in [2.05, 4.69) is 223 Å². The largest absolute Gasteiger partial charge is 0.309 e. The lowest BCUT2D eigenvalue weighted by Crippen LogP contribution is -2.03. The van der Waals surface area contributed by atoms with E-state index in [0.717, 1.165) is 44.6 Å². The molecule has 0 atom stereocenters. The smallest absolute Gasteiger partial charge is 0.152 e. The molecular formula is C64H43N3. The first-order valence-corrected chi connectivity index (χ1v) is 22.8. The SMILES string of the molecule is N=C(N=C(/C=C/c1cccc(-c2cccc(-c3c4ccccc4cc4c3ccc3ccccc34)c2)c1)c1ccc(-c2ccc3c(c2)c2ccccc2n3-c2ccccc2)cc1)c1ccccc1. The van der Waals surface area contributed by atoms with Gasteiger partial charge in [0, 0.05) is 27.6 Å². The molecule has 0 aliphatic heterocycles. The van der Waals surface area contributed by atoms with Crippen molar-refractivity contribution < 1.29 is 0 Å². The van der Waals surface area contributed by atoms with E-state index in [4.69, 9.17) is 10.4 Å². The van der Waals surface area contributed by atoms with E-state index >= 15 is 0 Å². The maximum atomic E-state index is 9.03. The van der Waals surface area contributed by atoms with E-state index in [1.165, 1.54) is 65.3 Å². The Hall–Kier alpha value is -8.92. The highest BCUT2D eigenvalue weighted by Gasteiger charge is 2.15. The molecule has 1 aromatic heterocycles. The summed E-state index contributed by atoms with van der Waals surface area (Å²) in [6.45, 7) is 0. The topological polar surface area (TPSA) is 41.1 Å². The molecule has 314 valence electrons. The molecule has 0 saturated carbocycles. The molecule has 1 heterocycles. The molecular weight excluding hydrogens is 811 g/mol. The first kappa shape index (κ1) is 39.7. The van der Waals surface area contributed by atoms with E-state index in [0.29, 0.717) is 5.71 Å². The summed E-state index contributed by atoms with van der Waals surface area (Å²) < 4.78 is 2.34. The van der Waals surface area contributed by atoms with Crippen LogP contribution < -0.4 is 0 Å². The van der Waals surface area contributed by atoms with Crippen molar-refractivity contribution in [3.63, 3.8) is 0 Å². The minimum Gasteiger partial charge on any atom is -0.309 e. The third-order valence-corrected chi connectivity index (χ3v) is 13.1. The predicted octanol–water partition coefficient (Wildman–Crippen LogP) is 16.8. The molecule has 0 radical (unpaired) electrons.